The molecule has 1 aromatic heterocycles. The summed E-state index contributed by atoms with van der Waals surface area (Å²) in [6, 6.07) is 26.2. The summed E-state index contributed by atoms with van der Waals surface area (Å²) in [6.45, 7) is 3.98. The van der Waals surface area contributed by atoms with Crippen molar-refractivity contribution in [2.24, 2.45) is 0 Å². The van der Waals surface area contributed by atoms with Crippen LogP contribution in [0, 0.1) is 0 Å². The molecule has 31 heavy (non-hydrogen) atoms. The van der Waals surface area contributed by atoms with E-state index in [9.17, 15) is 0 Å². The van der Waals surface area contributed by atoms with Crippen LogP contribution >= 0.6 is 0 Å². The first-order chi connectivity index (χ1) is 15.1. The van der Waals surface area contributed by atoms with E-state index < -0.39 is 19.2 Å². The molecule has 0 saturated carbocycles. The molecule has 0 aliphatic rings. The van der Waals surface area contributed by atoms with Gasteiger partial charge in [0.25, 0.3) is 0 Å². The first-order valence-corrected chi connectivity index (χ1v) is 18.3. The summed E-state index contributed by atoms with van der Waals surface area (Å²) < 4.78 is 10.1. The Bertz CT molecular complexity index is 1450. The Morgan fingerprint density at radius 2 is 1.23 bits per heavy atom. The van der Waals surface area contributed by atoms with Crippen molar-refractivity contribution in [3.8, 4) is 11.3 Å². The van der Waals surface area contributed by atoms with Gasteiger partial charge in [-0.25, -0.2) is 0 Å². The van der Waals surface area contributed by atoms with Crippen LogP contribution < -0.4 is 4.40 Å². The first-order valence-electron chi connectivity index (χ1n) is 11.5. The molecular weight excluding hydrogens is 435 g/mol. The maximum absolute atomic E-state index is 8.78. The van der Waals surface area contributed by atoms with Gasteiger partial charge in [0.15, 0.2) is 0 Å². The molecule has 0 aliphatic carbocycles. The van der Waals surface area contributed by atoms with Crippen molar-refractivity contribution in [3.05, 3.63) is 84.6 Å². The van der Waals surface area contributed by atoms with Crippen LogP contribution in [0.1, 0.15) is 26.7 Å². The molecule has 1 nitrogen and oxygen atoms in total. The van der Waals surface area contributed by atoms with E-state index in [0.717, 1.165) is 16.8 Å². The van der Waals surface area contributed by atoms with Crippen LogP contribution in [0.2, 0.25) is 17.3 Å². The Morgan fingerprint density at radius 3 is 1.74 bits per heavy atom. The van der Waals surface area contributed by atoms with Gasteiger partial charge in [-0.3, -0.25) is 0 Å². The number of aromatic nitrogens is 1. The Labute approximate surface area is 188 Å². The zero-order valence-electron chi connectivity index (χ0n) is 20.0. The van der Waals surface area contributed by atoms with Crippen LogP contribution in [0.3, 0.4) is 0 Å². The summed E-state index contributed by atoms with van der Waals surface area (Å²) in [5.41, 5.74) is 3.18. The summed E-state index contributed by atoms with van der Waals surface area (Å²) in [5, 5.41) is 7.65. The first kappa shape index (κ1) is 19.1. The zero-order valence-corrected chi connectivity index (χ0v) is 21.1. The van der Waals surface area contributed by atoms with Gasteiger partial charge in [-0.2, -0.15) is 0 Å². The average Bonchev–Trinajstić information content (AvgIpc) is 2.77. The van der Waals surface area contributed by atoms with Gasteiger partial charge in [-0.05, 0) is 0 Å². The van der Waals surface area contributed by atoms with E-state index in [2.05, 4.69) is 96.3 Å². The summed E-state index contributed by atoms with van der Waals surface area (Å²) in [4.78, 5) is 4.90. The van der Waals surface area contributed by atoms with Crippen LogP contribution in [0.4, 0.5) is 0 Å². The van der Waals surface area contributed by atoms with Gasteiger partial charge in [0.1, 0.15) is 0 Å². The van der Waals surface area contributed by atoms with E-state index in [-0.39, 0.29) is 0 Å². The van der Waals surface area contributed by atoms with E-state index in [1.165, 1.54) is 36.7 Å². The monoisotopic (exact) mass is 466 g/mol. The normalized spacial score (nSPS) is 13.1. The molecule has 5 rings (SSSR count). The third-order valence-corrected chi connectivity index (χ3v) is 10.5. The van der Waals surface area contributed by atoms with E-state index in [1.807, 2.05) is 13.8 Å². The second kappa shape index (κ2) is 7.49. The van der Waals surface area contributed by atoms with Crippen molar-refractivity contribution in [1.29, 1.82) is 0 Å². The molecule has 2 heteroatoms. The average molecular weight is 465 g/mol. The van der Waals surface area contributed by atoms with Crippen LogP contribution in [0.15, 0.2) is 79.0 Å². The van der Waals surface area contributed by atoms with Crippen LogP contribution in [0.25, 0.3) is 43.6 Å². The Hall–Kier alpha value is -2.65. The molecule has 0 bridgehead atoms. The minimum atomic E-state index is -2.15. The van der Waals surface area contributed by atoms with Crippen LogP contribution in [-0.4, -0.2) is 18.3 Å². The number of pyridine rings is 1. The van der Waals surface area contributed by atoms with Crippen molar-refractivity contribution in [2.75, 3.05) is 0 Å². The van der Waals surface area contributed by atoms with E-state index in [0.29, 0.717) is 0 Å². The van der Waals surface area contributed by atoms with Crippen LogP contribution in [-0.2, 0) is 0 Å². The van der Waals surface area contributed by atoms with Gasteiger partial charge in [0, 0.05) is 0 Å². The molecule has 0 atom stereocenters. The summed E-state index contributed by atoms with van der Waals surface area (Å²) >= 11 is -2.15. The molecule has 0 amide bonds. The molecule has 0 unspecified atom stereocenters. The van der Waals surface area contributed by atoms with E-state index in [4.69, 9.17) is 6.35 Å². The number of fused-ring (bicyclic) bond motifs is 6. The molecule has 0 aliphatic heterocycles. The summed E-state index contributed by atoms with van der Waals surface area (Å²) in [5.74, 6) is 6.48. The second-order valence-electron chi connectivity index (χ2n) is 9.72. The Kier molecular flexibility index (Phi) is 4.61. The van der Waals surface area contributed by atoms with Gasteiger partial charge in [-0.1, -0.05) is 0 Å². The topological polar surface area (TPSA) is 12.9 Å². The standard InChI is InChI=1S/C29H29GeN/c1-19(2)26-17-29(31-18-28(26)30(3,4)5)20-14-15-25-23-12-7-6-10-21(23)22-11-8-9-13-24(22)27(25)16-20/h6-19H,1-5H3/i19D. The predicted molar refractivity (Wildman–Crippen MR) is 139 cm³/mol. The van der Waals surface area contributed by atoms with Crippen LogP contribution in [0.5, 0.6) is 0 Å². The SMILES string of the molecule is [2H]C(C)(C)c1cc(-c2ccc3c4ccccc4c4ccccc4c3c2)nc[c]1[Ge]([CH3])([CH3])[CH3]. The van der Waals surface area contributed by atoms with Gasteiger partial charge in [0.2, 0.25) is 0 Å². The van der Waals surface area contributed by atoms with Crippen molar-refractivity contribution in [2.45, 2.75) is 37.0 Å². The predicted octanol–water partition coefficient (Wildman–Crippen LogP) is 7.88. The summed E-state index contributed by atoms with van der Waals surface area (Å²) in [7, 11) is 0. The molecule has 4 aromatic carbocycles. The van der Waals surface area contributed by atoms with Gasteiger partial charge in [-0.15, -0.1) is 0 Å². The molecule has 0 fully saturated rings. The Balaban J connectivity index is 1.80. The fraction of sp³-hybridized carbons (Fsp3) is 0.207. The van der Waals surface area contributed by atoms with E-state index in [1.54, 1.807) is 0 Å². The van der Waals surface area contributed by atoms with Gasteiger partial charge < -0.3 is 0 Å². The zero-order chi connectivity index (χ0) is 22.7. The van der Waals surface area contributed by atoms with Crippen molar-refractivity contribution in [3.63, 3.8) is 0 Å². The van der Waals surface area contributed by atoms with Crippen molar-refractivity contribution in [1.82, 2.24) is 4.98 Å². The van der Waals surface area contributed by atoms with Crippen molar-refractivity contribution >= 4 is 50.0 Å². The number of hydrogen-bond acceptors (Lipinski definition) is 1. The molecule has 154 valence electrons. The fourth-order valence-corrected chi connectivity index (χ4v) is 8.01. The minimum absolute atomic E-state index is 0.648. The number of nitrogens with zero attached hydrogens (tertiary/aromatic N) is 1. The molecule has 0 saturated heterocycles. The Morgan fingerprint density at radius 1 is 0.710 bits per heavy atom. The molecule has 1 heterocycles. The quantitative estimate of drug-likeness (QED) is 0.195. The fourth-order valence-electron chi connectivity index (χ4n) is 4.69. The van der Waals surface area contributed by atoms with Gasteiger partial charge >= 0.3 is 189 Å². The number of rotatable bonds is 3. The molecule has 5 aromatic rings. The number of hydrogen-bond donors (Lipinski definition) is 0. The third-order valence-electron chi connectivity index (χ3n) is 6.29. The molecule has 0 N–H and O–H groups in total. The maximum atomic E-state index is 8.78. The third kappa shape index (κ3) is 3.45. The number of benzene rings is 4. The second-order valence-corrected chi connectivity index (χ2v) is 20.3. The molecular formula is C29H29GeN. The summed E-state index contributed by atoms with van der Waals surface area (Å²) in [6.07, 6.45) is 2.06. The van der Waals surface area contributed by atoms with Gasteiger partial charge in [0.05, 0.1) is 0 Å². The van der Waals surface area contributed by atoms with Crippen molar-refractivity contribution < 1.29 is 1.37 Å². The molecule has 0 spiro atoms. The molecule has 0 radical (unpaired) electrons. The van der Waals surface area contributed by atoms with E-state index >= 15 is 0 Å².